The third-order valence-electron chi connectivity index (χ3n) is 7.07. The zero-order valence-corrected chi connectivity index (χ0v) is 27.6. The Morgan fingerprint density at radius 2 is 1.52 bits per heavy atom. The number of nitrogens with one attached hydrogen (secondary N) is 1. The molecule has 4 aromatic rings. The van der Waals surface area contributed by atoms with Gasteiger partial charge in [0.15, 0.2) is 0 Å². The second kappa shape index (κ2) is 15.9. The lowest BCUT2D eigenvalue weighted by molar-refractivity contribution is -0.140. The van der Waals surface area contributed by atoms with E-state index in [1.54, 1.807) is 36.4 Å². The number of hydrogen-bond acceptors (Lipinski definition) is 4. The van der Waals surface area contributed by atoms with Crippen molar-refractivity contribution in [2.45, 2.75) is 43.7 Å². The zero-order valence-electron chi connectivity index (χ0n) is 24.4. The van der Waals surface area contributed by atoms with Crippen molar-refractivity contribution in [1.82, 2.24) is 10.2 Å². The van der Waals surface area contributed by atoms with Crippen LogP contribution >= 0.6 is 27.5 Å². The minimum absolute atomic E-state index is 0.0328. The summed E-state index contributed by atoms with van der Waals surface area (Å²) in [5, 5.41) is 3.32. The Bertz CT molecular complexity index is 1640. The lowest BCUT2D eigenvalue weighted by Crippen LogP contribution is -2.53. The summed E-state index contributed by atoms with van der Waals surface area (Å²) in [6.45, 7) is 2.06. The van der Waals surface area contributed by atoms with Gasteiger partial charge in [-0.05, 0) is 60.0 Å². The van der Waals surface area contributed by atoms with E-state index in [0.717, 1.165) is 32.7 Å². The van der Waals surface area contributed by atoms with E-state index in [0.29, 0.717) is 11.6 Å². The van der Waals surface area contributed by atoms with E-state index in [1.165, 1.54) is 23.1 Å². The van der Waals surface area contributed by atoms with Gasteiger partial charge in [0.05, 0.1) is 10.6 Å². The first kappa shape index (κ1) is 33.2. The van der Waals surface area contributed by atoms with Gasteiger partial charge in [-0.3, -0.25) is 13.9 Å². The monoisotopic (exact) mass is 695 g/mol. The number of halogens is 2. The number of benzene rings is 4. The molecule has 0 bridgehead atoms. The number of amides is 2. The summed E-state index contributed by atoms with van der Waals surface area (Å²) < 4.78 is 29.9. The average molecular weight is 697 g/mol. The first-order chi connectivity index (χ1) is 21.2. The van der Waals surface area contributed by atoms with Crippen molar-refractivity contribution < 1.29 is 18.0 Å². The molecular weight excluding hydrogens is 662 g/mol. The van der Waals surface area contributed by atoms with Gasteiger partial charge >= 0.3 is 0 Å². The number of rotatable bonds is 14. The first-order valence-corrected chi connectivity index (χ1v) is 17.0. The third kappa shape index (κ3) is 8.94. The molecule has 4 rings (SSSR count). The quantitative estimate of drug-likeness (QED) is 0.146. The Labute approximate surface area is 273 Å². The standard InChI is InChI=1S/C34H35BrClN3O4S/c1-2-3-21-37-34(41)32(22-26-11-6-4-7-12-26)38(24-27-17-19-28(35)20-18-27)33(40)25-39(30-14-10-13-29(36)23-30)44(42,43)31-15-8-5-9-16-31/h4-20,23,32H,2-3,21-22,24-25H2,1H3,(H,37,41)/t32-/m1/s1. The number of hydrogen-bond donors (Lipinski definition) is 1. The van der Waals surface area contributed by atoms with Gasteiger partial charge in [-0.25, -0.2) is 8.42 Å². The van der Waals surface area contributed by atoms with Gasteiger partial charge in [-0.2, -0.15) is 0 Å². The van der Waals surface area contributed by atoms with Crippen LogP contribution in [0.15, 0.2) is 119 Å². The first-order valence-electron chi connectivity index (χ1n) is 14.4. The van der Waals surface area contributed by atoms with E-state index in [1.807, 2.05) is 61.5 Å². The molecule has 0 saturated carbocycles. The summed E-state index contributed by atoms with van der Waals surface area (Å²) in [5.41, 5.74) is 1.91. The number of nitrogens with zero attached hydrogens (tertiary/aromatic N) is 2. The van der Waals surface area contributed by atoms with Crippen LogP contribution in [0.2, 0.25) is 5.02 Å². The van der Waals surface area contributed by atoms with E-state index in [4.69, 9.17) is 11.6 Å². The van der Waals surface area contributed by atoms with Crippen molar-refractivity contribution in [2.75, 3.05) is 17.4 Å². The van der Waals surface area contributed by atoms with E-state index < -0.39 is 28.5 Å². The normalized spacial score (nSPS) is 11.9. The average Bonchev–Trinajstić information content (AvgIpc) is 3.03. The van der Waals surface area contributed by atoms with Crippen LogP contribution in [0.1, 0.15) is 30.9 Å². The summed E-state index contributed by atoms with van der Waals surface area (Å²) >= 11 is 9.73. The van der Waals surface area contributed by atoms with Crippen molar-refractivity contribution >= 4 is 55.1 Å². The van der Waals surface area contributed by atoms with Crippen LogP contribution in [-0.4, -0.2) is 44.3 Å². The molecule has 1 N–H and O–H groups in total. The smallest absolute Gasteiger partial charge is 0.264 e. The molecule has 0 aromatic heterocycles. The van der Waals surface area contributed by atoms with E-state index >= 15 is 0 Å². The molecule has 230 valence electrons. The van der Waals surface area contributed by atoms with Gasteiger partial charge in [0.1, 0.15) is 12.6 Å². The molecule has 0 aliphatic rings. The van der Waals surface area contributed by atoms with Gasteiger partial charge < -0.3 is 10.2 Å². The summed E-state index contributed by atoms with van der Waals surface area (Å²) in [5.74, 6) is -0.827. The maximum absolute atomic E-state index is 14.4. The fourth-order valence-electron chi connectivity index (χ4n) is 4.73. The predicted molar refractivity (Wildman–Crippen MR) is 179 cm³/mol. The summed E-state index contributed by atoms with van der Waals surface area (Å²) in [7, 11) is -4.18. The maximum atomic E-state index is 14.4. The Hall–Kier alpha value is -3.66. The van der Waals surface area contributed by atoms with Crippen molar-refractivity contribution in [1.29, 1.82) is 0 Å². The van der Waals surface area contributed by atoms with Crippen molar-refractivity contribution in [2.24, 2.45) is 0 Å². The Balaban J connectivity index is 1.78. The molecule has 0 saturated heterocycles. The molecule has 2 amide bonds. The molecule has 0 unspecified atom stereocenters. The third-order valence-corrected chi connectivity index (χ3v) is 9.62. The predicted octanol–water partition coefficient (Wildman–Crippen LogP) is 6.85. The molecule has 1 atom stereocenters. The molecule has 10 heteroatoms. The molecular formula is C34H35BrClN3O4S. The van der Waals surface area contributed by atoms with E-state index in [9.17, 15) is 18.0 Å². The molecule has 0 heterocycles. The molecule has 0 radical (unpaired) electrons. The Kier molecular flexibility index (Phi) is 12.0. The van der Waals surface area contributed by atoms with Crippen LogP contribution in [0.25, 0.3) is 0 Å². The summed E-state index contributed by atoms with van der Waals surface area (Å²) in [6, 6.07) is 30.4. The number of carbonyl (C=O) groups excluding carboxylic acids is 2. The van der Waals surface area contributed by atoms with Crippen LogP contribution in [0.4, 0.5) is 5.69 Å². The van der Waals surface area contributed by atoms with Crippen LogP contribution < -0.4 is 9.62 Å². The topological polar surface area (TPSA) is 86.8 Å². The highest BCUT2D eigenvalue weighted by molar-refractivity contribution is 9.10. The highest BCUT2D eigenvalue weighted by Gasteiger charge is 2.34. The van der Waals surface area contributed by atoms with Gasteiger partial charge in [0.25, 0.3) is 10.0 Å². The molecule has 7 nitrogen and oxygen atoms in total. The second-order valence-corrected chi connectivity index (χ2v) is 13.5. The van der Waals surface area contributed by atoms with E-state index in [-0.39, 0.29) is 29.5 Å². The van der Waals surface area contributed by atoms with Crippen molar-refractivity contribution in [3.63, 3.8) is 0 Å². The Morgan fingerprint density at radius 3 is 2.16 bits per heavy atom. The lowest BCUT2D eigenvalue weighted by Gasteiger charge is -2.34. The van der Waals surface area contributed by atoms with Crippen molar-refractivity contribution in [3.8, 4) is 0 Å². The van der Waals surface area contributed by atoms with Crippen LogP contribution in [-0.2, 0) is 32.6 Å². The Morgan fingerprint density at radius 1 is 0.864 bits per heavy atom. The number of sulfonamides is 1. The fourth-order valence-corrected chi connectivity index (χ4v) is 6.60. The molecule has 4 aromatic carbocycles. The van der Waals surface area contributed by atoms with Crippen LogP contribution in [0.3, 0.4) is 0 Å². The zero-order chi connectivity index (χ0) is 31.5. The number of anilines is 1. The maximum Gasteiger partial charge on any atom is 0.264 e. The lowest BCUT2D eigenvalue weighted by atomic mass is 10.0. The van der Waals surface area contributed by atoms with Gasteiger partial charge in [0.2, 0.25) is 11.8 Å². The fraction of sp³-hybridized carbons (Fsp3) is 0.235. The largest absolute Gasteiger partial charge is 0.354 e. The molecule has 0 spiro atoms. The highest BCUT2D eigenvalue weighted by atomic mass is 79.9. The highest BCUT2D eigenvalue weighted by Crippen LogP contribution is 2.27. The minimum atomic E-state index is -4.18. The van der Waals surface area contributed by atoms with Crippen molar-refractivity contribution in [3.05, 3.63) is 130 Å². The van der Waals surface area contributed by atoms with E-state index in [2.05, 4.69) is 21.2 Å². The van der Waals surface area contributed by atoms with Gasteiger partial charge in [-0.1, -0.05) is 108 Å². The molecule has 44 heavy (non-hydrogen) atoms. The summed E-state index contributed by atoms with van der Waals surface area (Å²) in [6.07, 6.45) is 1.95. The second-order valence-electron chi connectivity index (χ2n) is 10.3. The van der Waals surface area contributed by atoms with Gasteiger partial charge in [0, 0.05) is 29.0 Å². The molecule has 0 fully saturated rings. The van der Waals surface area contributed by atoms with Crippen LogP contribution in [0.5, 0.6) is 0 Å². The molecule has 0 aliphatic heterocycles. The van der Waals surface area contributed by atoms with Crippen LogP contribution in [0, 0.1) is 0 Å². The summed E-state index contributed by atoms with van der Waals surface area (Å²) in [4.78, 5) is 29.7. The minimum Gasteiger partial charge on any atom is -0.354 e. The molecule has 0 aliphatic carbocycles. The SMILES string of the molecule is CCCCNC(=O)[C@@H](Cc1ccccc1)N(Cc1ccc(Br)cc1)C(=O)CN(c1cccc(Cl)c1)S(=O)(=O)c1ccccc1. The van der Waals surface area contributed by atoms with Gasteiger partial charge in [-0.15, -0.1) is 0 Å². The number of unbranched alkanes of at least 4 members (excludes halogenated alkanes) is 1. The number of carbonyl (C=O) groups is 2.